The number of benzene rings is 2. The van der Waals surface area contributed by atoms with Gasteiger partial charge in [0.05, 0.1) is 5.39 Å². The molecule has 4 aromatic rings. The predicted octanol–water partition coefficient (Wildman–Crippen LogP) is 5.20. The molecular formula is C23H22N4O2S. The first kappa shape index (κ1) is 19.8. The van der Waals surface area contributed by atoms with Crippen molar-refractivity contribution in [2.75, 3.05) is 17.2 Å². The largest absolute Gasteiger partial charge is 0.508 e. The molecule has 30 heavy (non-hydrogen) atoms. The molecule has 6 nitrogen and oxygen atoms in total. The number of anilines is 2. The third-order valence-corrected chi connectivity index (χ3v) is 5.76. The van der Waals surface area contributed by atoms with Crippen LogP contribution in [0, 0.1) is 6.92 Å². The molecule has 1 amide bonds. The van der Waals surface area contributed by atoms with Crippen LogP contribution in [0.25, 0.3) is 21.3 Å². The van der Waals surface area contributed by atoms with Gasteiger partial charge in [0.25, 0.3) is 0 Å². The van der Waals surface area contributed by atoms with E-state index in [-0.39, 0.29) is 11.7 Å². The van der Waals surface area contributed by atoms with E-state index in [9.17, 15) is 9.90 Å². The number of phenolic OH excluding ortho intramolecular Hbond substituents is 1. The van der Waals surface area contributed by atoms with Crippen LogP contribution in [0.4, 0.5) is 11.5 Å². The highest BCUT2D eigenvalue weighted by molar-refractivity contribution is 7.19. The van der Waals surface area contributed by atoms with E-state index in [1.54, 1.807) is 41.9 Å². The molecule has 0 aliphatic carbocycles. The summed E-state index contributed by atoms with van der Waals surface area (Å²) < 4.78 is 0. The summed E-state index contributed by atoms with van der Waals surface area (Å²) >= 11 is 1.66. The highest BCUT2D eigenvalue weighted by atomic mass is 32.1. The van der Waals surface area contributed by atoms with E-state index in [2.05, 4.69) is 39.7 Å². The molecule has 0 unspecified atom stereocenters. The lowest BCUT2D eigenvalue weighted by Crippen LogP contribution is -2.13. The highest BCUT2D eigenvalue weighted by Gasteiger charge is 2.16. The van der Waals surface area contributed by atoms with Gasteiger partial charge in [0.2, 0.25) is 5.91 Å². The molecule has 3 N–H and O–H groups in total. The smallest absolute Gasteiger partial charge is 0.224 e. The maximum absolute atomic E-state index is 12.1. The second kappa shape index (κ2) is 8.92. The number of fused-ring (bicyclic) bond motifs is 1. The number of aromatic nitrogens is 2. The fourth-order valence-corrected chi connectivity index (χ4v) is 4.37. The number of thiophene rings is 1. The lowest BCUT2D eigenvalue weighted by atomic mass is 10.0. The molecule has 0 aliphatic rings. The Morgan fingerprint density at radius 1 is 1.07 bits per heavy atom. The number of carbonyl (C=O) groups excluding carboxylic acids is 1. The Bertz CT molecular complexity index is 1160. The van der Waals surface area contributed by atoms with Gasteiger partial charge in [0.1, 0.15) is 22.7 Å². The van der Waals surface area contributed by atoms with Gasteiger partial charge in [-0.3, -0.25) is 4.79 Å². The van der Waals surface area contributed by atoms with Gasteiger partial charge in [-0.05, 0) is 43.2 Å². The average molecular weight is 419 g/mol. The fourth-order valence-electron chi connectivity index (χ4n) is 3.35. The van der Waals surface area contributed by atoms with E-state index in [0.29, 0.717) is 25.1 Å². The minimum absolute atomic E-state index is 0.0633. The normalized spacial score (nSPS) is 10.8. The van der Waals surface area contributed by atoms with Crippen LogP contribution in [-0.4, -0.2) is 27.5 Å². The van der Waals surface area contributed by atoms with Crippen LogP contribution in [-0.2, 0) is 4.79 Å². The number of phenols is 1. The van der Waals surface area contributed by atoms with Crippen LogP contribution in [0.5, 0.6) is 5.75 Å². The van der Waals surface area contributed by atoms with Gasteiger partial charge in [0, 0.05) is 29.1 Å². The number of nitrogens with one attached hydrogen (secondary N) is 2. The predicted molar refractivity (Wildman–Crippen MR) is 122 cm³/mol. The van der Waals surface area contributed by atoms with Gasteiger partial charge in [-0.2, -0.15) is 0 Å². The molecule has 0 saturated carbocycles. The number of amides is 1. The zero-order valence-electron chi connectivity index (χ0n) is 16.6. The Labute approximate surface area is 178 Å². The molecule has 7 heteroatoms. The van der Waals surface area contributed by atoms with Crippen LogP contribution >= 0.6 is 11.3 Å². The van der Waals surface area contributed by atoms with Gasteiger partial charge in [-0.1, -0.05) is 30.3 Å². The lowest BCUT2D eigenvalue weighted by Gasteiger charge is -2.09. The zero-order valence-corrected chi connectivity index (χ0v) is 17.4. The van der Waals surface area contributed by atoms with Crippen LogP contribution in [0.15, 0.2) is 60.9 Å². The van der Waals surface area contributed by atoms with Gasteiger partial charge >= 0.3 is 0 Å². The van der Waals surface area contributed by atoms with E-state index >= 15 is 0 Å². The van der Waals surface area contributed by atoms with Crippen molar-refractivity contribution < 1.29 is 9.90 Å². The van der Waals surface area contributed by atoms with Crippen LogP contribution in [0.2, 0.25) is 0 Å². The first-order chi connectivity index (χ1) is 14.6. The molecule has 4 rings (SSSR count). The van der Waals surface area contributed by atoms with E-state index in [0.717, 1.165) is 27.2 Å². The van der Waals surface area contributed by atoms with Crippen molar-refractivity contribution in [1.82, 2.24) is 9.97 Å². The molecule has 2 aromatic carbocycles. The van der Waals surface area contributed by atoms with Crippen molar-refractivity contribution >= 4 is 39.0 Å². The molecule has 0 radical (unpaired) electrons. The van der Waals surface area contributed by atoms with E-state index in [1.165, 1.54) is 4.88 Å². The van der Waals surface area contributed by atoms with Crippen LogP contribution in [0.1, 0.15) is 17.7 Å². The number of nitrogens with zero attached hydrogens (tertiary/aromatic N) is 2. The average Bonchev–Trinajstić information content (AvgIpc) is 3.10. The Kier molecular flexibility index (Phi) is 5.90. The van der Waals surface area contributed by atoms with E-state index in [4.69, 9.17) is 0 Å². The van der Waals surface area contributed by atoms with Gasteiger partial charge in [0.15, 0.2) is 0 Å². The summed E-state index contributed by atoms with van der Waals surface area (Å²) in [5, 5.41) is 16.5. The van der Waals surface area contributed by atoms with Crippen molar-refractivity contribution in [2.45, 2.75) is 19.8 Å². The Morgan fingerprint density at radius 2 is 1.83 bits per heavy atom. The topological polar surface area (TPSA) is 87.1 Å². The molecule has 0 spiro atoms. The lowest BCUT2D eigenvalue weighted by molar-refractivity contribution is -0.116. The standard InChI is InChI=1S/C23H22N4O2S/c1-15-20(16-6-3-2-4-7-16)21-22(25-14-26-23(21)30-15)24-13-5-8-19(29)27-17-9-11-18(28)12-10-17/h2-4,6-7,9-12,14,28H,5,8,13H2,1H3,(H,27,29)(H,24,25,26). The first-order valence-electron chi connectivity index (χ1n) is 9.74. The van der Waals surface area contributed by atoms with Crippen LogP contribution < -0.4 is 10.6 Å². The summed E-state index contributed by atoms with van der Waals surface area (Å²) in [5.74, 6) is 0.903. The monoisotopic (exact) mass is 418 g/mol. The van der Waals surface area contributed by atoms with Crippen molar-refractivity contribution in [3.8, 4) is 16.9 Å². The maximum atomic E-state index is 12.1. The fraction of sp³-hybridized carbons (Fsp3) is 0.174. The second-order valence-corrected chi connectivity index (χ2v) is 8.13. The number of aromatic hydroxyl groups is 1. The number of rotatable bonds is 7. The van der Waals surface area contributed by atoms with Crippen molar-refractivity contribution in [3.05, 3.63) is 65.8 Å². The zero-order chi connectivity index (χ0) is 20.9. The summed E-state index contributed by atoms with van der Waals surface area (Å²) in [6.45, 7) is 2.73. The molecule has 0 aliphatic heterocycles. The SMILES string of the molecule is Cc1sc2ncnc(NCCCC(=O)Nc3ccc(O)cc3)c2c1-c1ccccc1. The minimum Gasteiger partial charge on any atom is -0.508 e. The molecule has 152 valence electrons. The molecule has 2 heterocycles. The molecule has 2 aromatic heterocycles. The molecule has 0 saturated heterocycles. The number of hydrogen-bond acceptors (Lipinski definition) is 6. The van der Waals surface area contributed by atoms with Gasteiger partial charge in [-0.25, -0.2) is 9.97 Å². The quantitative estimate of drug-likeness (QED) is 0.283. The van der Waals surface area contributed by atoms with E-state index < -0.39 is 0 Å². The Morgan fingerprint density at radius 3 is 2.60 bits per heavy atom. The number of carbonyl (C=O) groups is 1. The third kappa shape index (κ3) is 4.41. The number of aryl methyl sites for hydroxylation is 1. The third-order valence-electron chi connectivity index (χ3n) is 4.75. The first-order valence-corrected chi connectivity index (χ1v) is 10.6. The van der Waals surface area contributed by atoms with Crippen molar-refractivity contribution in [2.24, 2.45) is 0 Å². The molecular weight excluding hydrogens is 396 g/mol. The minimum atomic E-state index is -0.0633. The summed E-state index contributed by atoms with van der Waals surface area (Å²) in [6.07, 6.45) is 2.63. The van der Waals surface area contributed by atoms with Crippen LogP contribution in [0.3, 0.4) is 0 Å². The van der Waals surface area contributed by atoms with Crippen molar-refractivity contribution in [3.63, 3.8) is 0 Å². The summed E-state index contributed by atoms with van der Waals surface area (Å²) in [5.41, 5.74) is 2.97. The van der Waals surface area contributed by atoms with Gasteiger partial charge < -0.3 is 15.7 Å². The maximum Gasteiger partial charge on any atom is 0.224 e. The molecule has 0 bridgehead atoms. The Balaban J connectivity index is 1.42. The number of hydrogen-bond donors (Lipinski definition) is 3. The molecule has 0 fully saturated rings. The summed E-state index contributed by atoms with van der Waals surface area (Å²) in [7, 11) is 0. The Hall–Kier alpha value is -3.45. The molecule has 0 atom stereocenters. The van der Waals surface area contributed by atoms with Gasteiger partial charge in [-0.15, -0.1) is 11.3 Å². The summed E-state index contributed by atoms with van der Waals surface area (Å²) in [4.78, 5) is 23.2. The second-order valence-electron chi connectivity index (χ2n) is 6.93. The summed E-state index contributed by atoms with van der Waals surface area (Å²) in [6, 6.07) is 16.7. The van der Waals surface area contributed by atoms with E-state index in [1.807, 2.05) is 18.2 Å². The van der Waals surface area contributed by atoms with Crippen molar-refractivity contribution in [1.29, 1.82) is 0 Å². The highest BCUT2D eigenvalue weighted by Crippen LogP contribution is 2.40.